The minimum atomic E-state index is -0.814. The molecule has 100 valence electrons. The summed E-state index contributed by atoms with van der Waals surface area (Å²) >= 11 is 3.06. The molecule has 0 radical (unpaired) electrons. The topological polar surface area (TPSA) is 146 Å². The molecule has 0 saturated heterocycles. The van der Waals surface area contributed by atoms with Crippen molar-refractivity contribution in [1.29, 1.82) is 10.5 Å². The maximum absolute atomic E-state index is 11.1. The molecule has 0 atom stereocenters. The Labute approximate surface area is 121 Å². The van der Waals surface area contributed by atoms with Crippen LogP contribution in [0.2, 0.25) is 0 Å². The number of amides is 1. The van der Waals surface area contributed by atoms with E-state index in [1.807, 2.05) is 0 Å². The molecular weight excluding hydrogens is 330 g/mol. The second kappa shape index (κ2) is 6.31. The van der Waals surface area contributed by atoms with Gasteiger partial charge in [-0.25, -0.2) is 0 Å². The van der Waals surface area contributed by atoms with Gasteiger partial charge in [0.15, 0.2) is 0 Å². The Morgan fingerprint density at radius 1 is 1.45 bits per heavy atom. The predicted octanol–water partition coefficient (Wildman–Crippen LogP) is 1.80. The zero-order chi connectivity index (χ0) is 15.3. The molecular formula is C11H6BrN5O3. The molecule has 0 saturated carbocycles. The summed E-state index contributed by atoms with van der Waals surface area (Å²) in [5, 5.41) is 30.6. The van der Waals surface area contributed by atoms with Crippen molar-refractivity contribution >= 4 is 33.2 Å². The Bertz CT molecular complexity index is 683. The summed E-state index contributed by atoms with van der Waals surface area (Å²) in [6, 6.07) is 5.49. The van der Waals surface area contributed by atoms with Gasteiger partial charge in [0.25, 0.3) is 5.69 Å². The van der Waals surface area contributed by atoms with Crippen molar-refractivity contribution in [3.63, 3.8) is 0 Å². The van der Waals surface area contributed by atoms with E-state index in [0.29, 0.717) is 0 Å². The van der Waals surface area contributed by atoms with Crippen LogP contribution in [0.3, 0.4) is 0 Å². The van der Waals surface area contributed by atoms with Crippen molar-refractivity contribution in [2.24, 2.45) is 5.73 Å². The van der Waals surface area contributed by atoms with Gasteiger partial charge in [-0.3, -0.25) is 14.9 Å². The number of hydrogen-bond acceptors (Lipinski definition) is 6. The predicted molar refractivity (Wildman–Crippen MR) is 72.2 cm³/mol. The third kappa shape index (κ3) is 3.31. The van der Waals surface area contributed by atoms with Crippen molar-refractivity contribution in [2.45, 2.75) is 0 Å². The van der Waals surface area contributed by atoms with Crippen molar-refractivity contribution in [1.82, 2.24) is 0 Å². The first-order valence-corrected chi connectivity index (χ1v) is 5.74. The van der Waals surface area contributed by atoms with E-state index in [9.17, 15) is 14.9 Å². The van der Waals surface area contributed by atoms with Crippen LogP contribution in [-0.2, 0) is 0 Å². The lowest BCUT2D eigenvalue weighted by atomic mass is 10.1. The van der Waals surface area contributed by atoms with Crippen molar-refractivity contribution in [2.75, 3.05) is 5.32 Å². The number of nitrogens with two attached hydrogens (primary N) is 1. The molecule has 1 rings (SSSR count). The van der Waals surface area contributed by atoms with Crippen LogP contribution in [0.25, 0.3) is 0 Å². The average Bonchev–Trinajstić information content (AvgIpc) is 2.40. The lowest BCUT2D eigenvalue weighted by molar-refractivity contribution is -0.384. The summed E-state index contributed by atoms with van der Waals surface area (Å²) in [4.78, 5) is 21.3. The SMILES string of the molecule is N#CC(C#N)=CNc1c(Br)cc(C(N)=O)cc1[N+](=O)[O-]. The van der Waals surface area contributed by atoms with Crippen LogP contribution in [-0.4, -0.2) is 10.8 Å². The van der Waals surface area contributed by atoms with E-state index in [0.717, 1.165) is 12.3 Å². The Morgan fingerprint density at radius 3 is 2.50 bits per heavy atom. The van der Waals surface area contributed by atoms with Gasteiger partial charge in [0.05, 0.1) is 4.92 Å². The van der Waals surface area contributed by atoms with E-state index < -0.39 is 16.5 Å². The summed E-state index contributed by atoms with van der Waals surface area (Å²) in [6.07, 6.45) is 1.02. The Morgan fingerprint density at radius 2 is 2.05 bits per heavy atom. The lowest BCUT2D eigenvalue weighted by Gasteiger charge is -2.07. The van der Waals surface area contributed by atoms with Crippen molar-refractivity contribution in [3.8, 4) is 12.1 Å². The van der Waals surface area contributed by atoms with Crippen LogP contribution in [0, 0.1) is 32.8 Å². The molecule has 1 aromatic carbocycles. The van der Waals surface area contributed by atoms with Gasteiger partial charge >= 0.3 is 0 Å². The summed E-state index contributed by atoms with van der Waals surface area (Å²) in [5.74, 6) is -0.814. The highest BCUT2D eigenvalue weighted by atomic mass is 79.9. The Hall–Kier alpha value is -2.91. The molecule has 9 heteroatoms. The largest absolute Gasteiger partial charge is 0.366 e. The number of nitrogens with one attached hydrogen (secondary N) is 1. The Balaban J connectivity index is 3.37. The fraction of sp³-hybridized carbons (Fsp3) is 0. The first-order chi connectivity index (χ1) is 9.40. The zero-order valence-electron chi connectivity index (χ0n) is 9.75. The minimum absolute atomic E-state index is 0.00278. The monoisotopic (exact) mass is 335 g/mol. The average molecular weight is 336 g/mol. The Kier molecular flexibility index (Phi) is 4.78. The number of carbonyl (C=O) groups is 1. The highest BCUT2D eigenvalue weighted by Gasteiger charge is 2.20. The zero-order valence-corrected chi connectivity index (χ0v) is 11.3. The molecule has 0 unspecified atom stereocenters. The van der Waals surface area contributed by atoms with Gasteiger partial charge in [0.2, 0.25) is 5.91 Å². The number of primary amides is 1. The van der Waals surface area contributed by atoms with Crippen LogP contribution in [0.4, 0.5) is 11.4 Å². The highest BCUT2D eigenvalue weighted by molar-refractivity contribution is 9.10. The number of hydrogen-bond donors (Lipinski definition) is 2. The second-order valence-corrected chi connectivity index (χ2v) is 4.25. The van der Waals surface area contributed by atoms with Crippen molar-refractivity contribution in [3.05, 3.63) is 44.1 Å². The third-order valence-electron chi connectivity index (χ3n) is 2.15. The number of halogens is 1. The number of benzene rings is 1. The van der Waals surface area contributed by atoms with Gasteiger partial charge in [-0.15, -0.1) is 0 Å². The van der Waals surface area contributed by atoms with Gasteiger partial charge in [-0.05, 0) is 22.0 Å². The maximum Gasteiger partial charge on any atom is 0.294 e. The van der Waals surface area contributed by atoms with Crippen LogP contribution in [0.15, 0.2) is 28.4 Å². The summed E-state index contributed by atoms with van der Waals surface area (Å²) in [7, 11) is 0. The van der Waals surface area contributed by atoms with Gasteiger partial charge in [0.1, 0.15) is 23.4 Å². The van der Waals surface area contributed by atoms with Crippen LogP contribution in [0.5, 0.6) is 0 Å². The third-order valence-corrected chi connectivity index (χ3v) is 2.78. The molecule has 0 aromatic heterocycles. The molecule has 0 aliphatic rings. The van der Waals surface area contributed by atoms with E-state index in [1.54, 1.807) is 12.1 Å². The first kappa shape index (κ1) is 15.1. The molecule has 0 heterocycles. The number of nitro benzene ring substituents is 1. The number of anilines is 1. The molecule has 0 bridgehead atoms. The number of carbonyl (C=O) groups excluding carboxylic acids is 1. The normalized spacial score (nSPS) is 8.95. The van der Waals surface area contributed by atoms with E-state index in [2.05, 4.69) is 21.2 Å². The lowest BCUT2D eigenvalue weighted by Crippen LogP contribution is -2.12. The summed E-state index contributed by atoms with van der Waals surface area (Å²) < 4.78 is 0.201. The van der Waals surface area contributed by atoms with E-state index in [4.69, 9.17) is 16.3 Å². The maximum atomic E-state index is 11.1. The number of nitriles is 2. The van der Waals surface area contributed by atoms with Gasteiger partial charge in [-0.1, -0.05) is 0 Å². The molecule has 3 N–H and O–H groups in total. The first-order valence-electron chi connectivity index (χ1n) is 4.95. The molecule has 20 heavy (non-hydrogen) atoms. The summed E-state index contributed by atoms with van der Waals surface area (Å²) in [6.45, 7) is 0. The van der Waals surface area contributed by atoms with E-state index in [1.165, 1.54) is 6.07 Å². The fourth-order valence-electron chi connectivity index (χ4n) is 1.26. The van der Waals surface area contributed by atoms with Gasteiger partial charge < -0.3 is 11.1 Å². The fourth-order valence-corrected chi connectivity index (χ4v) is 1.82. The van der Waals surface area contributed by atoms with Gasteiger partial charge in [0, 0.05) is 22.3 Å². The molecule has 1 amide bonds. The van der Waals surface area contributed by atoms with E-state index >= 15 is 0 Å². The number of rotatable bonds is 4. The summed E-state index contributed by atoms with van der Waals surface area (Å²) in [5.41, 5.74) is 4.35. The van der Waals surface area contributed by atoms with Gasteiger partial charge in [-0.2, -0.15) is 10.5 Å². The number of nitro groups is 1. The van der Waals surface area contributed by atoms with Crippen LogP contribution in [0.1, 0.15) is 10.4 Å². The molecule has 0 aliphatic heterocycles. The second-order valence-electron chi connectivity index (χ2n) is 3.40. The van der Waals surface area contributed by atoms with Crippen LogP contribution >= 0.6 is 15.9 Å². The molecule has 0 spiro atoms. The molecule has 0 aliphatic carbocycles. The standard InChI is InChI=1S/C11H6BrN5O3/c12-8-1-7(11(15)18)2-9(17(19)20)10(8)16-5-6(3-13)4-14/h1-2,5,16H,(H2,15,18). The highest BCUT2D eigenvalue weighted by Crippen LogP contribution is 2.34. The smallest absolute Gasteiger partial charge is 0.294 e. The van der Waals surface area contributed by atoms with Crippen LogP contribution < -0.4 is 11.1 Å². The number of nitrogens with zero attached hydrogens (tertiary/aromatic N) is 3. The van der Waals surface area contributed by atoms with E-state index in [-0.39, 0.29) is 21.3 Å². The number of allylic oxidation sites excluding steroid dienone is 1. The molecule has 1 aromatic rings. The molecule has 8 nitrogen and oxygen atoms in total. The minimum Gasteiger partial charge on any atom is -0.366 e. The van der Waals surface area contributed by atoms with Crippen molar-refractivity contribution < 1.29 is 9.72 Å². The quantitative estimate of drug-likeness (QED) is 0.487. The molecule has 0 fully saturated rings.